The Kier molecular flexibility index (Phi) is 4.89. The molecule has 1 aromatic carbocycles. The van der Waals surface area contributed by atoms with Gasteiger partial charge in [-0.15, -0.1) is 0 Å². The summed E-state index contributed by atoms with van der Waals surface area (Å²) in [6, 6.07) is 10.7. The third-order valence-electron chi connectivity index (χ3n) is 3.51. The normalized spacial score (nSPS) is 10.3. The van der Waals surface area contributed by atoms with Gasteiger partial charge >= 0.3 is 0 Å². The fourth-order valence-electron chi connectivity index (χ4n) is 2.23. The number of amides is 1. The predicted octanol–water partition coefficient (Wildman–Crippen LogP) is 1.81. The molecule has 0 bridgehead atoms. The summed E-state index contributed by atoms with van der Waals surface area (Å²) < 4.78 is 10.2. The highest BCUT2D eigenvalue weighted by Crippen LogP contribution is 2.19. The average molecular weight is 339 g/mol. The lowest BCUT2D eigenvalue weighted by molar-refractivity contribution is 0.0946. The summed E-state index contributed by atoms with van der Waals surface area (Å²) in [5, 5.41) is 9.74. The molecule has 0 radical (unpaired) electrons. The van der Waals surface area contributed by atoms with Crippen LogP contribution < -0.4 is 14.8 Å². The Labute approximate surface area is 144 Å². The molecule has 0 aliphatic carbocycles. The Hall–Kier alpha value is -3.42. The molecule has 0 atom stereocenters. The van der Waals surface area contributed by atoms with Gasteiger partial charge in [-0.05, 0) is 36.4 Å². The van der Waals surface area contributed by atoms with Crippen LogP contribution in [0.1, 0.15) is 16.2 Å². The van der Waals surface area contributed by atoms with Gasteiger partial charge in [0.2, 0.25) is 5.88 Å². The Balaban J connectivity index is 1.66. The molecule has 2 aromatic heterocycles. The number of pyridine rings is 1. The summed E-state index contributed by atoms with van der Waals surface area (Å²) in [7, 11) is 3.08. The summed E-state index contributed by atoms with van der Waals surface area (Å²) >= 11 is 0. The first-order valence-corrected chi connectivity index (χ1v) is 7.54. The molecular formula is C17H17N5O3. The minimum absolute atomic E-state index is 0.208. The summed E-state index contributed by atoms with van der Waals surface area (Å²) in [5.41, 5.74) is 1.21. The molecule has 1 amide bonds. The molecule has 8 heteroatoms. The molecule has 128 valence electrons. The van der Waals surface area contributed by atoms with E-state index in [2.05, 4.69) is 25.5 Å². The minimum atomic E-state index is -0.299. The standard InChI is InChI=1S/C17H17N5O3/c1-24-12-7-5-11(6-8-12)15-20-14(21-22-15)10-19-16(23)13-4-3-9-18-17(13)25-2/h3-9H,10H2,1-2H3,(H,19,23)(H,20,21,22). The van der Waals surface area contributed by atoms with E-state index in [4.69, 9.17) is 9.47 Å². The van der Waals surface area contributed by atoms with Crippen LogP contribution in [0, 0.1) is 0 Å². The first-order valence-electron chi connectivity index (χ1n) is 7.54. The van der Waals surface area contributed by atoms with Crippen LogP contribution in [0.3, 0.4) is 0 Å². The SMILES string of the molecule is COc1ccc(-c2n[nH]c(CNC(=O)c3cccnc3OC)n2)cc1. The van der Waals surface area contributed by atoms with E-state index in [1.807, 2.05) is 24.3 Å². The lowest BCUT2D eigenvalue weighted by Crippen LogP contribution is -2.24. The van der Waals surface area contributed by atoms with Crippen molar-refractivity contribution in [2.75, 3.05) is 14.2 Å². The van der Waals surface area contributed by atoms with Crippen molar-refractivity contribution in [3.63, 3.8) is 0 Å². The molecule has 2 N–H and O–H groups in total. The number of hydrogen-bond acceptors (Lipinski definition) is 6. The van der Waals surface area contributed by atoms with Crippen molar-refractivity contribution < 1.29 is 14.3 Å². The fourth-order valence-corrected chi connectivity index (χ4v) is 2.23. The van der Waals surface area contributed by atoms with Crippen LogP contribution in [0.4, 0.5) is 0 Å². The van der Waals surface area contributed by atoms with Gasteiger partial charge < -0.3 is 14.8 Å². The molecule has 2 heterocycles. The number of H-pyrrole nitrogens is 1. The number of nitrogens with one attached hydrogen (secondary N) is 2. The van der Waals surface area contributed by atoms with Crippen LogP contribution in [0.2, 0.25) is 0 Å². The van der Waals surface area contributed by atoms with E-state index in [1.165, 1.54) is 7.11 Å². The van der Waals surface area contributed by atoms with Gasteiger partial charge in [0, 0.05) is 11.8 Å². The number of carbonyl (C=O) groups is 1. The smallest absolute Gasteiger partial charge is 0.257 e. The van der Waals surface area contributed by atoms with E-state index >= 15 is 0 Å². The average Bonchev–Trinajstić information content (AvgIpc) is 3.15. The zero-order valence-corrected chi connectivity index (χ0v) is 13.8. The minimum Gasteiger partial charge on any atom is -0.497 e. The van der Waals surface area contributed by atoms with Crippen molar-refractivity contribution in [3.05, 3.63) is 54.0 Å². The van der Waals surface area contributed by atoms with Crippen LogP contribution in [-0.4, -0.2) is 40.3 Å². The molecule has 0 fully saturated rings. The molecule has 25 heavy (non-hydrogen) atoms. The molecule has 3 rings (SSSR count). The molecule has 0 aliphatic rings. The fraction of sp³-hybridized carbons (Fsp3) is 0.176. The third kappa shape index (κ3) is 3.74. The summed E-state index contributed by atoms with van der Waals surface area (Å²) in [5.74, 6) is 1.83. The number of ether oxygens (including phenoxy) is 2. The molecule has 0 saturated carbocycles. The molecule has 0 aliphatic heterocycles. The first-order chi connectivity index (χ1) is 12.2. The second kappa shape index (κ2) is 7.43. The molecule has 8 nitrogen and oxygen atoms in total. The lowest BCUT2D eigenvalue weighted by atomic mass is 10.2. The van der Waals surface area contributed by atoms with E-state index in [1.54, 1.807) is 25.4 Å². The topological polar surface area (TPSA) is 102 Å². The van der Waals surface area contributed by atoms with Crippen molar-refractivity contribution in [2.45, 2.75) is 6.54 Å². The molecule has 0 spiro atoms. The van der Waals surface area contributed by atoms with E-state index in [0.717, 1.165) is 11.3 Å². The Bertz CT molecular complexity index is 861. The van der Waals surface area contributed by atoms with Crippen molar-refractivity contribution in [2.24, 2.45) is 0 Å². The van der Waals surface area contributed by atoms with Gasteiger partial charge in [0.05, 0.1) is 20.8 Å². The van der Waals surface area contributed by atoms with Gasteiger partial charge in [-0.25, -0.2) is 9.97 Å². The van der Waals surface area contributed by atoms with Gasteiger partial charge in [0.25, 0.3) is 5.91 Å². The third-order valence-corrected chi connectivity index (χ3v) is 3.51. The summed E-state index contributed by atoms with van der Waals surface area (Å²) in [6.45, 7) is 0.208. The summed E-state index contributed by atoms with van der Waals surface area (Å²) in [6.07, 6.45) is 1.56. The van der Waals surface area contributed by atoms with Crippen LogP contribution >= 0.6 is 0 Å². The van der Waals surface area contributed by atoms with E-state index < -0.39 is 0 Å². The number of aromatic nitrogens is 4. The van der Waals surface area contributed by atoms with E-state index in [0.29, 0.717) is 17.2 Å². The summed E-state index contributed by atoms with van der Waals surface area (Å²) in [4.78, 5) is 20.6. The van der Waals surface area contributed by atoms with Crippen LogP contribution in [0.5, 0.6) is 11.6 Å². The quantitative estimate of drug-likeness (QED) is 0.710. The zero-order valence-electron chi connectivity index (χ0n) is 13.8. The Morgan fingerprint density at radius 1 is 1.16 bits per heavy atom. The van der Waals surface area contributed by atoms with Crippen molar-refractivity contribution in [1.82, 2.24) is 25.5 Å². The maximum atomic E-state index is 12.2. The number of benzene rings is 1. The predicted molar refractivity (Wildman–Crippen MR) is 90.3 cm³/mol. The van der Waals surface area contributed by atoms with E-state index in [9.17, 15) is 4.79 Å². The zero-order chi connectivity index (χ0) is 17.6. The number of nitrogens with zero attached hydrogens (tertiary/aromatic N) is 3. The van der Waals surface area contributed by atoms with Crippen molar-refractivity contribution in [3.8, 4) is 23.0 Å². The maximum Gasteiger partial charge on any atom is 0.257 e. The van der Waals surface area contributed by atoms with Gasteiger partial charge in [-0.1, -0.05) is 0 Å². The molecule has 0 saturated heterocycles. The van der Waals surface area contributed by atoms with E-state index in [-0.39, 0.29) is 18.3 Å². The number of aromatic amines is 1. The lowest BCUT2D eigenvalue weighted by Gasteiger charge is -2.06. The molecule has 0 unspecified atom stereocenters. The van der Waals surface area contributed by atoms with Gasteiger partial charge in [0.1, 0.15) is 17.1 Å². The molecule has 3 aromatic rings. The number of carbonyl (C=O) groups excluding carboxylic acids is 1. The Morgan fingerprint density at radius 3 is 2.68 bits per heavy atom. The van der Waals surface area contributed by atoms with Gasteiger partial charge in [0.15, 0.2) is 5.82 Å². The first kappa shape index (κ1) is 16.4. The number of hydrogen-bond donors (Lipinski definition) is 2. The van der Waals surface area contributed by atoms with Crippen molar-refractivity contribution in [1.29, 1.82) is 0 Å². The van der Waals surface area contributed by atoms with Crippen LogP contribution in [0.25, 0.3) is 11.4 Å². The number of rotatable bonds is 6. The highest BCUT2D eigenvalue weighted by molar-refractivity contribution is 5.96. The highest BCUT2D eigenvalue weighted by Gasteiger charge is 2.13. The largest absolute Gasteiger partial charge is 0.497 e. The van der Waals surface area contributed by atoms with Crippen LogP contribution in [0.15, 0.2) is 42.6 Å². The van der Waals surface area contributed by atoms with Crippen molar-refractivity contribution >= 4 is 5.91 Å². The van der Waals surface area contributed by atoms with Crippen LogP contribution in [-0.2, 0) is 6.54 Å². The van der Waals surface area contributed by atoms with Gasteiger partial charge in [-0.3, -0.25) is 9.89 Å². The monoisotopic (exact) mass is 339 g/mol. The highest BCUT2D eigenvalue weighted by atomic mass is 16.5. The number of methoxy groups -OCH3 is 2. The second-order valence-electron chi connectivity index (χ2n) is 5.08. The molecular weight excluding hydrogens is 322 g/mol. The second-order valence-corrected chi connectivity index (χ2v) is 5.08. The van der Waals surface area contributed by atoms with Gasteiger partial charge in [-0.2, -0.15) is 5.10 Å². The maximum absolute atomic E-state index is 12.2. The Morgan fingerprint density at radius 2 is 1.96 bits per heavy atom.